The SMILES string of the molecule is NNC(CSC1CCCCC1)c1ccco1. The first kappa shape index (κ1) is 12.0. The van der Waals surface area contributed by atoms with Gasteiger partial charge in [-0.15, -0.1) is 0 Å². The highest BCUT2D eigenvalue weighted by molar-refractivity contribution is 7.99. The molecule has 0 spiro atoms. The van der Waals surface area contributed by atoms with E-state index in [1.54, 1.807) is 6.26 Å². The summed E-state index contributed by atoms with van der Waals surface area (Å²) in [6.45, 7) is 0. The molecule has 4 heteroatoms. The van der Waals surface area contributed by atoms with E-state index in [0.717, 1.165) is 16.8 Å². The topological polar surface area (TPSA) is 51.2 Å². The van der Waals surface area contributed by atoms with Crippen molar-refractivity contribution in [2.75, 3.05) is 5.75 Å². The lowest BCUT2D eigenvalue weighted by molar-refractivity contribution is 0.439. The minimum atomic E-state index is 0.141. The predicted molar refractivity (Wildman–Crippen MR) is 68.1 cm³/mol. The van der Waals surface area contributed by atoms with E-state index in [2.05, 4.69) is 5.43 Å². The molecule has 1 unspecified atom stereocenters. The molecule has 1 fully saturated rings. The van der Waals surface area contributed by atoms with Crippen LogP contribution in [0.15, 0.2) is 22.8 Å². The molecule has 1 aliphatic rings. The molecule has 1 aromatic heterocycles. The lowest BCUT2D eigenvalue weighted by atomic mass is 10.0. The van der Waals surface area contributed by atoms with Gasteiger partial charge in [-0.05, 0) is 25.0 Å². The van der Waals surface area contributed by atoms with Gasteiger partial charge in [0.25, 0.3) is 0 Å². The summed E-state index contributed by atoms with van der Waals surface area (Å²) in [4.78, 5) is 0. The Morgan fingerprint density at radius 1 is 1.44 bits per heavy atom. The molecule has 1 atom stereocenters. The number of nitrogens with two attached hydrogens (primary N) is 1. The first-order valence-electron chi connectivity index (χ1n) is 6.01. The van der Waals surface area contributed by atoms with Gasteiger partial charge in [-0.2, -0.15) is 11.8 Å². The summed E-state index contributed by atoms with van der Waals surface area (Å²) in [6.07, 6.45) is 8.61. The maximum atomic E-state index is 5.56. The van der Waals surface area contributed by atoms with Gasteiger partial charge in [-0.1, -0.05) is 19.3 Å². The molecule has 16 heavy (non-hydrogen) atoms. The van der Waals surface area contributed by atoms with Crippen LogP contribution in [0.1, 0.15) is 43.9 Å². The van der Waals surface area contributed by atoms with Crippen molar-refractivity contribution in [2.24, 2.45) is 5.84 Å². The van der Waals surface area contributed by atoms with Crippen molar-refractivity contribution < 1.29 is 4.42 Å². The van der Waals surface area contributed by atoms with Crippen molar-refractivity contribution >= 4 is 11.8 Å². The largest absolute Gasteiger partial charge is 0.468 e. The van der Waals surface area contributed by atoms with Gasteiger partial charge >= 0.3 is 0 Å². The quantitative estimate of drug-likeness (QED) is 0.614. The molecular weight excluding hydrogens is 220 g/mol. The Morgan fingerprint density at radius 3 is 2.88 bits per heavy atom. The van der Waals surface area contributed by atoms with Crippen LogP contribution in [-0.4, -0.2) is 11.0 Å². The normalized spacial score (nSPS) is 19.8. The van der Waals surface area contributed by atoms with Crippen molar-refractivity contribution in [1.29, 1.82) is 0 Å². The standard InChI is InChI=1S/C12H20N2OS/c13-14-11(12-7-4-8-15-12)9-16-10-5-2-1-3-6-10/h4,7-8,10-11,14H,1-3,5-6,9,13H2. The fraction of sp³-hybridized carbons (Fsp3) is 0.667. The molecule has 90 valence electrons. The van der Waals surface area contributed by atoms with Crippen LogP contribution >= 0.6 is 11.8 Å². The maximum Gasteiger partial charge on any atom is 0.122 e. The Labute approximate surface area is 101 Å². The minimum absolute atomic E-state index is 0.141. The van der Waals surface area contributed by atoms with E-state index >= 15 is 0 Å². The molecular formula is C12H20N2OS. The highest BCUT2D eigenvalue weighted by Gasteiger charge is 2.18. The second-order valence-electron chi connectivity index (χ2n) is 4.33. The molecule has 1 heterocycles. The molecule has 0 bridgehead atoms. The van der Waals surface area contributed by atoms with E-state index < -0.39 is 0 Å². The van der Waals surface area contributed by atoms with Crippen molar-refractivity contribution in [3.05, 3.63) is 24.2 Å². The van der Waals surface area contributed by atoms with Crippen LogP contribution in [0, 0.1) is 0 Å². The summed E-state index contributed by atoms with van der Waals surface area (Å²) in [5, 5.41) is 0.819. The molecule has 0 radical (unpaired) electrons. The van der Waals surface area contributed by atoms with Gasteiger partial charge in [0, 0.05) is 11.0 Å². The number of hydrogen-bond acceptors (Lipinski definition) is 4. The summed E-state index contributed by atoms with van der Waals surface area (Å²) in [6, 6.07) is 4.03. The summed E-state index contributed by atoms with van der Waals surface area (Å²) >= 11 is 2.03. The first-order chi connectivity index (χ1) is 7.90. The monoisotopic (exact) mass is 240 g/mol. The zero-order chi connectivity index (χ0) is 11.2. The van der Waals surface area contributed by atoms with E-state index in [0.29, 0.717) is 0 Å². The lowest BCUT2D eigenvalue weighted by Crippen LogP contribution is -2.30. The van der Waals surface area contributed by atoms with Crippen LogP contribution < -0.4 is 11.3 Å². The Hall–Kier alpha value is -0.450. The predicted octanol–water partition coefficient (Wildman–Crippen LogP) is 2.85. The zero-order valence-electron chi connectivity index (χ0n) is 9.52. The van der Waals surface area contributed by atoms with E-state index in [1.165, 1.54) is 32.1 Å². The molecule has 3 nitrogen and oxygen atoms in total. The molecule has 1 aromatic rings. The second-order valence-corrected chi connectivity index (χ2v) is 5.66. The summed E-state index contributed by atoms with van der Waals surface area (Å²) < 4.78 is 5.37. The Kier molecular flexibility index (Phi) is 4.75. The van der Waals surface area contributed by atoms with Gasteiger partial charge in [0.15, 0.2) is 0 Å². The number of hydrogen-bond donors (Lipinski definition) is 2. The van der Waals surface area contributed by atoms with Gasteiger partial charge in [-0.3, -0.25) is 5.84 Å². The zero-order valence-corrected chi connectivity index (χ0v) is 10.3. The molecule has 3 N–H and O–H groups in total. The number of hydrazine groups is 1. The first-order valence-corrected chi connectivity index (χ1v) is 7.06. The summed E-state index contributed by atoms with van der Waals surface area (Å²) in [5.74, 6) is 7.49. The van der Waals surface area contributed by atoms with Crippen molar-refractivity contribution in [3.63, 3.8) is 0 Å². The van der Waals surface area contributed by atoms with Crippen molar-refractivity contribution in [1.82, 2.24) is 5.43 Å². The molecule has 2 rings (SSSR count). The third kappa shape index (κ3) is 3.27. The third-order valence-corrected chi connectivity index (χ3v) is 4.61. The van der Waals surface area contributed by atoms with E-state index in [-0.39, 0.29) is 6.04 Å². The number of thioether (sulfide) groups is 1. The number of rotatable bonds is 5. The fourth-order valence-electron chi connectivity index (χ4n) is 2.17. The van der Waals surface area contributed by atoms with Gasteiger partial charge in [0.05, 0.1) is 12.3 Å². The Balaban J connectivity index is 1.78. The highest BCUT2D eigenvalue weighted by Crippen LogP contribution is 2.30. The molecule has 1 aliphatic carbocycles. The van der Waals surface area contributed by atoms with Crippen LogP contribution in [0.4, 0.5) is 0 Å². The van der Waals surface area contributed by atoms with Crippen LogP contribution in [0.3, 0.4) is 0 Å². The molecule has 0 aliphatic heterocycles. The van der Waals surface area contributed by atoms with E-state index in [4.69, 9.17) is 10.3 Å². The number of nitrogens with one attached hydrogen (secondary N) is 1. The average Bonchev–Trinajstić information content (AvgIpc) is 2.85. The molecule has 0 aromatic carbocycles. The van der Waals surface area contributed by atoms with Crippen LogP contribution in [-0.2, 0) is 0 Å². The van der Waals surface area contributed by atoms with Gasteiger partial charge in [0.1, 0.15) is 5.76 Å². The Morgan fingerprint density at radius 2 is 2.25 bits per heavy atom. The molecule has 0 saturated heterocycles. The minimum Gasteiger partial charge on any atom is -0.468 e. The van der Waals surface area contributed by atoms with Gasteiger partial charge < -0.3 is 4.42 Å². The van der Waals surface area contributed by atoms with Crippen LogP contribution in [0.5, 0.6) is 0 Å². The van der Waals surface area contributed by atoms with Gasteiger partial charge in [-0.25, -0.2) is 5.43 Å². The average molecular weight is 240 g/mol. The number of furan rings is 1. The molecule has 1 saturated carbocycles. The molecule has 0 amide bonds. The van der Waals surface area contributed by atoms with Gasteiger partial charge in [0.2, 0.25) is 0 Å². The Bertz CT molecular complexity index is 283. The van der Waals surface area contributed by atoms with Crippen molar-refractivity contribution in [3.8, 4) is 0 Å². The lowest BCUT2D eigenvalue weighted by Gasteiger charge is -2.23. The summed E-state index contributed by atoms with van der Waals surface area (Å²) in [7, 11) is 0. The van der Waals surface area contributed by atoms with Crippen LogP contribution in [0.25, 0.3) is 0 Å². The highest BCUT2D eigenvalue weighted by atomic mass is 32.2. The maximum absolute atomic E-state index is 5.56. The summed E-state index contributed by atoms with van der Waals surface area (Å²) in [5.41, 5.74) is 2.83. The van der Waals surface area contributed by atoms with E-state index in [9.17, 15) is 0 Å². The third-order valence-electron chi connectivity index (χ3n) is 3.14. The second kappa shape index (κ2) is 6.33. The smallest absolute Gasteiger partial charge is 0.122 e. The fourth-order valence-corrected chi connectivity index (χ4v) is 3.56. The van der Waals surface area contributed by atoms with Crippen LogP contribution in [0.2, 0.25) is 0 Å². The van der Waals surface area contributed by atoms with Crippen molar-refractivity contribution in [2.45, 2.75) is 43.4 Å². The van der Waals surface area contributed by atoms with E-state index in [1.807, 2.05) is 23.9 Å².